The van der Waals surface area contributed by atoms with E-state index in [4.69, 9.17) is 0 Å². The maximum absolute atomic E-state index is 12.8. The molecule has 1 fully saturated rings. The average Bonchev–Trinajstić information content (AvgIpc) is 3.34. The lowest BCUT2D eigenvalue weighted by molar-refractivity contribution is -0.119. The SMILES string of the molecule is C[C@H]1CCc2nc(NC(=O)[C@@H]3CCCN3S(=O)(=O)c3cccs3)sc2C1. The van der Waals surface area contributed by atoms with Gasteiger partial charge in [0.25, 0.3) is 10.0 Å². The van der Waals surface area contributed by atoms with Crippen LogP contribution in [0.3, 0.4) is 0 Å². The van der Waals surface area contributed by atoms with Crippen LogP contribution in [0.4, 0.5) is 5.13 Å². The van der Waals surface area contributed by atoms with Gasteiger partial charge in [0, 0.05) is 11.4 Å². The van der Waals surface area contributed by atoms with Crippen molar-refractivity contribution in [3.8, 4) is 0 Å². The lowest BCUT2D eigenvalue weighted by Gasteiger charge is -2.22. The van der Waals surface area contributed by atoms with Crippen molar-refractivity contribution in [2.75, 3.05) is 11.9 Å². The number of thiophene rings is 1. The summed E-state index contributed by atoms with van der Waals surface area (Å²) in [6, 6.07) is 2.63. The molecule has 1 aliphatic heterocycles. The van der Waals surface area contributed by atoms with Gasteiger partial charge in [-0.1, -0.05) is 13.0 Å². The zero-order valence-electron chi connectivity index (χ0n) is 14.5. The first-order valence-corrected chi connectivity index (χ1v) is 11.9. The van der Waals surface area contributed by atoms with Gasteiger partial charge in [-0.3, -0.25) is 4.79 Å². The molecule has 9 heteroatoms. The molecule has 2 aromatic heterocycles. The molecule has 0 unspecified atom stereocenters. The van der Waals surface area contributed by atoms with E-state index in [2.05, 4.69) is 17.2 Å². The number of fused-ring (bicyclic) bond motifs is 1. The van der Waals surface area contributed by atoms with E-state index in [-0.39, 0.29) is 10.1 Å². The highest BCUT2D eigenvalue weighted by atomic mass is 32.2. The molecule has 26 heavy (non-hydrogen) atoms. The van der Waals surface area contributed by atoms with Crippen LogP contribution in [0, 0.1) is 5.92 Å². The molecule has 0 aromatic carbocycles. The molecule has 0 spiro atoms. The molecular formula is C17H21N3O3S3. The van der Waals surface area contributed by atoms with Crippen LogP contribution >= 0.6 is 22.7 Å². The number of nitrogens with one attached hydrogen (secondary N) is 1. The summed E-state index contributed by atoms with van der Waals surface area (Å²) < 4.78 is 27.2. The van der Waals surface area contributed by atoms with Gasteiger partial charge in [-0.25, -0.2) is 13.4 Å². The highest BCUT2D eigenvalue weighted by molar-refractivity contribution is 7.91. The summed E-state index contributed by atoms with van der Waals surface area (Å²) in [5, 5.41) is 5.20. The van der Waals surface area contributed by atoms with E-state index >= 15 is 0 Å². The van der Waals surface area contributed by atoms with Gasteiger partial charge in [0.05, 0.1) is 5.69 Å². The highest BCUT2D eigenvalue weighted by Crippen LogP contribution is 2.33. The van der Waals surface area contributed by atoms with Crippen molar-refractivity contribution < 1.29 is 13.2 Å². The Balaban J connectivity index is 1.51. The standard InChI is InChI=1S/C17H21N3O3S3/c1-11-6-7-12-14(10-11)25-17(18-12)19-16(21)13-4-2-8-20(13)26(22,23)15-5-3-9-24-15/h3,5,9,11,13H,2,4,6-8,10H2,1H3,(H,18,19,21)/t11-,13-/m0/s1. The molecule has 0 radical (unpaired) electrons. The minimum absolute atomic E-state index is 0.276. The Kier molecular flexibility index (Phi) is 4.89. The Morgan fingerprint density at radius 2 is 2.23 bits per heavy atom. The topological polar surface area (TPSA) is 79.4 Å². The molecule has 2 aliphatic rings. The summed E-state index contributed by atoms with van der Waals surface area (Å²) in [7, 11) is -3.62. The molecule has 2 aromatic rings. The number of sulfonamides is 1. The van der Waals surface area contributed by atoms with Crippen LogP contribution in [-0.4, -0.2) is 36.2 Å². The third kappa shape index (κ3) is 3.33. The van der Waals surface area contributed by atoms with Gasteiger partial charge in [-0.15, -0.1) is 22.7 Å². The van der Waals surface area contributed by atoms with Crippen LogP contribution in [0.1, 0.15) is 36.8 Å². The number of aromatic nitrogens is 1. The summed E-state index contributed by atoms with van der Waals surface area (Å²) in [6.45, 7) is 2.61. The van der Waals surface area contributed by atoms with Gasteiger partial charge in [0.2, 0.25) is 5.91 Å². The highest BCUT2D eigenvalue weighted by Gasteiger charge is 2.40. The lowest BCUT2D eigenvalue weighted by Crippen LogP contribution is -2.42. The molecule has 2 atom stereocenters. The molecule has 1 amide bonds. The molecule has 1 N–H and O–H groups in total. The molecule has 0 bridgehead atoms. The number of carbonyl (C=O) groups excluding carboxylic acids is 1. The first-order chi connectivity index (χ1) is 12.4. The summed E-state index contributed by atoms with van der Waals surface area (Å²) in [5.74, 6) is 0.370. The predicted molar refractivity (Wildman–Crippen MR) is 103 cm³/mol. The van der Waals surface area contributed by atoms with Crippen LogP contribution in [0.25, 0.3) is 0 Å². The number of hydrogen-bond donors (Lipinski definition) is 1. The van der Waals surface area contributed by atoms with Crippen molar-refractivity contribution in [3.05, 3.63) is 28.1 Å². The monoisotopic (exact) mass is 411 g/mol. The number of amides is 1. The Morgan fingerprint density at radius 1 is 1.38 bits per heavy atom. The van der Waals surface area contributed by atoms with Crippen molar-refractivity contribution in [2.45, 2.75) is 49.3 Å². The van der Waals surface area contributed by atoms with E-state index in [0.29, 0.717) is 30.4 Å². The molecule has 1 aliphatic carbocycles. The molecule has 140 valence electrons. The largest absolute Gasteiger partial charge is 0.301 e. The van der Waals surface area contributed by atoms with Crippen LogP contribution in [-0.2, 0) is 27.7 Å². The Bertz CT molecular complexity index is 905. The smallest absolute Gasteiger partial charge is 0.253 e. The third-order valence-corrected chi connectivity index (χ3v) is 9.30. The quantitative estimate of drug-likeness (QED) is 0.838. The number of anilines is 1. The number of rotatable bonds is 4. The van der Waals surface area contributed by atoms with Crippen LogP contribution in [0.15, 0.2) is 21.7 Å². The average molecular weight is 412 g/mol. The van der Waals surface area contributed by atoms with Crippen molar-refractivity contribution in [3.63, 3.8) is 0 Å². The number of nitrogens with zero attached hydrogens (tertiary/aromatic N) is 2. The minimum Gasteiger partial charge on any atom is -0.301 e. The number of hydrogen-bond acceptors (Lipinski definition) is 6. The van der Waals surface area contributed by atoms with Crippen LogP contribution in [0.2, 0.25) is 0 Å². The number of aryl methyl sites for hydroxylation is 1. The van der Waals surface area contributed by atoms with Gasteiger partial charge < -0.3 is 5.32 Å². The van der Waals surface area contributed by atoms with Crippen molar-refractivity contribution >= 4 is 43.7 Å². The number of thiazole rings is 1. The molecule has 4 rings (SSSR count). The van der Waals surface area contributed by atoms with E-state index in [9.17, 15) is 13.2 Å². The fourth-order valence-corrected chi connectivity index (χ4v) is 7.55. The molecule has 6 nitrogen and oxygen atoms in total. The second-order valence-electron chi connectivity index (χ2n) is 6.93. The third-order valence-electron chi connectivity index (χ3n) is 4.98. The molecule has 0 saturated carbocycles. The van der Waals surface area contributed by atoms with E-state index in [1.807, 2.05) is 0 Å². The lowest BCUT2D eigenvalue weighted by atomic mass is 9.93. The summed E-state index contributed by atoms with van der Waals surface area (Å²) in [6.07, 6.45) is 4.31. The fraction of sp³-hybridized carbons (Fsp3) is 0.529. The Labute approximate surface area is 161 Å². The zero-order valence-corrected chi connectivity index (χ0v) is 16.9. The first-order valence-electron chi connectivity index (χ1n) is 8.80. The van der Waals surface area contributed by atoms with E-state index in [0.717, 1.165) is 25.0 Å². The Morgan fingerprint density at radius 3 is 3.00 bits per heavy atom. The molecule has 1 saturated heterocycles. The maximum atomic E-state index is 12.8. The summed E-state index contributed by atoms with van der Waals surface area (Å²) in [4.78, 5) is 18.6. The molecule has 3 heterocycles. The van der Waals surface area contributed by atoms with Crippen LogP contribution < -0.4 is 5.32 Å². The van der Waals surface area contributed by atoms with Gasteiger partial charge >= 0.3 is 0 Å². The van der Waals surface area contributed by atoms with Crippen molar-refractivity contribution in [1.29, 1.82) is 0 Å². The van der Waals surface area contributed by atoms with E-state index < -0.39 is 16.1 Å². The van der Waals surface area contributed by atoms with E-state index in [1.165, 1.54) is 31.9 Å². The maximum Gasteiger partial charge on any atom is 0.253 e. The van der Waals surface area contributed by atoms with Crippen molar-refractivity contribution in [2.24, 2.45) is 5.92 Å². The van der Waals surface area contributed by atoms with Gasteiger partial charge in [-0.2, -0.15) is 4.31 Å². The second-order valence-corrected chi connectivity index (χ2v) is 11.1. The number of carbonyl (C=O) groups is 1. The zero-order chi connectivity index (χ0) is 18.3. The van der Waals surface area contributed by atoms with Crippen LogP contribution in [0.5, 0.6) is 0 Å². The minimum atomic E-state index is -3.62. The second kappa shape index (κ2) is 7.03. The molecular weight excluding hydrogens is 390 g/mol. The summed E-state index contributed by atoms with van der Waals surface area (Å²) in [5.41, 5.74) is 1.08. The van der Waals surface area contributed by atoms with Gasteiger partial charge in [0.1, 0.15) is 10.3 Å². The van der Waals surface area contributed by atoms with Gasteiger partial charge in [-0.05, 0) is 49.5 Å². The summed E-state index contributed by atoms with van der Waals surface area (Å²) >= 11 is 2.70. The fourth-order valence-electron chi connectivity index (χ4n) is 3.60. The van der Waals surface area contributed by atoms with Crippen molar-refractivity contribution in [1.82, 2.24) is 9.29 Å². The Hall–Kier alpha value is -1.29. The predicted octanol–water partition coefficient (Wildman–Crippen LogP) is 3.12. The van der Waals surface area contributed by atoms with E-state index in [1.54, 1.807) is 17.5 Å². The first kappa shape index (κ1) is 18.1. The normalized spacial score (nSPS) is 23.7. The van der Waals surface area contributed by atoms with Gasteiger partial charge in [0.15, 0.2) is 5.13 Å².